The smallest absolute Gasteiger partial charge is 0.416 e. The van der Waals surface area contributed by atoms with Gasteiger partial charge in [-0.25, -0.2) is 9.97 Å². The molecule has 0 saturated carbocycles. The second kappa shape index (κ2) is 9.01. The van der Waals surface area contributed by atoms with Crippen LogP contribution in [0.5, 0.6) is 5.75 Å². The molecule has 1 saturated heterocycles. The van der Waals surface area contributed by atoms with Crippen molar-refractivity contribution in [2.75, 3.05) is 18.5 Å². The third-order valence-corrected chi connectivity index (χ3v) is 5.68. The zero-order valence-electron chi connectivity index (χ0n) is 18.6. The number of anilines is 1. The van der Waals surface area contributed by atoms with E-state index in [4.69, 9.17) is 9.47 Å². The lowest BCUT2D eigenvalue weighted by atomic mass is 10.0. The van der Waals surface area contributed by atoms with Gasteiger partial charge in [0, 0.05) is 32.0 Å². The summed E-state index contributed by atoms with van der Waals surface area (Å²) >= 11 is 0. The lowest BCUT2D eigenvalue weighted by Crippen LogP contribution is -2.30. The fourth-order valence-corrected chi connectivity index (χ4v) is 3.85. The number of aromatic nitrogens is 3. The highest BCUT2D eigenvalue weighted by Gasteiger charge is 2.30. The van der Waals surface area contributed by atoms with E-state index < -0.39 is 17.8 Å². The lowest BCUT2D eigenvalue weighted by molar-refractivity contribution is -0.137. The van der Waals surface area contributed by atoms with E-state index in [-0.39, 0.29) is 17.4 Å². The molecule has 1 aliphatic rings. The van der Waals surface area contributed by atoms with E-state index in [2.05, 4.69) is 15.3 Å². The highest BCUT2D eigenvalue weighted by Crippen LogP contribution is 2.32. The highest BCUT2D eigenvalue weighted by atomic mass is 19.4. The van der Waals surface area contributed by atoms with E-state index >= 15 is 0 Å². The molecule has 10 heteroatoms. The number of aryl methyl sites for hydroxylation is 2. The van der Waals surface area contributed by atoms with Crippen LogP contribution in [0.2, 0.25) is 0 Å². The lowest BCUT2D eigenvalue weighted by Gasteiger charge is -2.24. The highest BCUT2D eigenvalue weighted by molar-refractivity contribution is 5.88. The summed E-state index contributed by atoms with van der Waals surface area (Å²) < 4.78 is 52.2. The van der Waals surface area contributed by atoms with Gasteiger partial charge in [-0.15, -0.1) is 0 Å². The molecule has 3 aromatic rings. The van der Waals surface area contributed by atoms with Crippen molar-refractivity contribution >= 4 is 16.9 Å². The SMILES string of the molecule is Cc1nc(N[C@H](C)c2cccc(C(F)(F)F)c2)c2cc(OC3CCOCC3)c(=O)n(C)c2n1. The van der Waals surface area contributed by atoms with Crippen LogP contribution in [0.15, 0.2) is 35.1 Å². The van der Waals surface area contributed by atoms with Gasteiger partial charge in [-0.05, 0) is 31.5 Å². The van der Waals surface area contributed by atoms with Crippen LogP contribution < -0.4 is 15.6 Å². The van der Waals surface area contributed by atoms with Crippen LogP contribution >= 0.6 is 0 Å². The summed E-state index contributed by atoms with van der Waals surface area (Å²) in [6, 6.07) is 6.27. The number of rotatable bonds is 5. The Hall–Kier alpha value is -3.14. The molecular formula is C23H25F3N4O3. The van der Waals surface area contributed by atoms with Gasteiger partial charge >= 0.3 is 6.18 Å². The molecule has 0 aliphatic carbocycles. The standard InChI is InChI=1S/C23H25F3N4O3/c1-13(15-5-4-6-16(11-15)23(24,25)26)27-20-18-12-19(33-17-7-9-32-10-8-17)22(31)30(3)21(18)29-14(2)28-20/h4-6,11-13,17H,7-10H2,1-3H3,(H,27,28,29)/t13-/m1/s1. The van der Waals surface area contributed by atoms with Gasteiger partial charge in [-0.3, -0.25) is 9.36 Å². The molecule has 33 heavy (non-hydrogen) atoms. The predicted octanol–water partition coefficient (Wildman–Crippen LogP) is 4.39. The number of pyridine rings is 1. The normalized spacial score (nSPS) is 16.1. The second-order valence-corrected chi connectivity index (χ2v) is 8.15. The monoisotopic (exact) mass is 462 g/mol. The van der Waals surface area contributed by atoms with E-state index in [0.29, 0.717) is 54.3 Å². The summed E-state index contributed by atoms with van der Waals surface area (Å²) in [6.45, 7) is 4.58. The maximum Gasteiger partial charge on any atom is 0.416 e. The number of ether oxygens (including phenoxy) is 2. The molecule has 1 fully saturated rings. The molecule has 0 amide bonds. The maximum atomic E-state index is 13.1. The molecule has 2 aromatic heterocycles. The number of nitrogens with zero attached hydrogens (tertiary/aromatic N) is 3. The van der Waals surface area contributed by atoms with Gasteiger partial charge in [0.15, 0.2) is 5.75 Å². The first-order chi connectivity index (χ1) is 15.6. The van der Waals surface area contributed by atoms with Crippen molar-refractivity contribution in [1.82, 2.24) is 14.5 Å². The van der Waals surface area contributed by atoms with Gasteiger partial charge in [-0.1, -0.05) is 12.1 Å². The summed E-state index contributed by atoms with van der Waals surface area (Å²) in [5.74, 6) is 1.02. The molecule has 7 nitrogen and oxygen atoms in total. The zero-order chi connectivity index (χ0) is 23.8. The van der Waals surface area contributed by atoms with Crippen molar-refractivity contribution in [2.45, 2.75) is 45.0 Å². The third kappa shape index (κ3) is 4.95. The van der Waals surface area contributed by atoms with Crippen LogP contribution in [0.1, 0.15) is 42.8 Å². The summed E-state index contributed by atoms with van der Waals surface area (Å²) in [5, 5.41) is 3.73. The molecule has 0 radical (unpaired) electrons. The van der Waals surface area contributed by atoms with Crippen LogP contribution in [-0.2, 0) is 18.0 Å². The van der Waals surface area contributed by atoms with Crippen molar-refractivity contribution < 1.29 is 22.6 Å². The van der Waals surface area contributed by atoms with E-state index in [0.717, 1.165) is 12.1 Å². The van der Waals surface area contributed by atoms with Crippen LogP contribution in [0.25, 0.3) is 11.0 Å². The van der Waals surface area contributed by atoms with Crippen LogP contribution in [0.3, 0.4) is 0 Å². The topological polar surface area (TPSA) is 78.3 Å². The summed E-state index contributed by atoms with van der Waals surface area (Å²) in [7, 11) is 1.61. The van der Waals surface area contributed by atoms with Gasteiger partial charge in [0.1, 0.15) is 23.4 Å². The average Bonchev–Trinajstić information content (AvgIpc) is 2.78. The Morgan fingerprint density at radius 1 is 1.21 bits per heavy atom. The van der Waals surface area contributed by atoms with E-state index in [1.807, 2.05) is 0 Å². The fourth-order valence-electron chi connectivity index (χ4n) is 3.85. The fraction of sp³-hybridized carbons (Fsp3) is 0.435. The number of nitrogens with one attached hydrogen (secondary N) is 1. The first-order valence-electron chi connectivity index (χ1n) is 10.7. The Kier molecular flexibility index (Phi) is 6.29. The van der Waals surface area contributed by atoms with E-state index in [9.17, 15) is 18.0 Å². The Morgan fingerprint density at radius 3 is 2.64 bits per heavy atom. The molecule has 3 heterocycles. The number of hydrogen-bond acceptors (Lipinski definition) is 6. The van der Waals surface area contributed by atoms with Gasteiger partial charge in [0.25, 0.3) is 5.56 Å². The molecular weight excluding hydrogens is 437 g/mol. The van der Waals surface area contributed by atoms with Crippen molar-refractivity contribution in [3.05, 3.63) is 57.6 Å². The molecule has 0 unspecified atom stereocenters. The zero-order valence-corrected chi connectivity index (χ0v) is 18.6. The molecule has 0 spiro atoms. The molecule has 1 N–H and O–H groups in total. The van der Waals surface area contributed by atoms with Crippen molar-refractivity contribution in [1.29, 1.82) is 0 Å². The first-order valence-corrected chi connectivity index (χ1v) is 10.7. The summed E-state index contributed by atoms with van der Waals surface area (Å²) in [5.41, 5.74) is -0.167. The maximum absolute atomic E-state index is 13.1. The van der Waals surface area contributed by atoms with Crippen molar-refractivity contribution in [2.24, 2.45) is 7.05 Å². The summed E-state index contributed by atoms with van der Waals surface area (Å²) in [4.78, 5) is 21.7. The number of alkyl halides is 3. The second-order valence-electron chi connectivity index (χ2n) is 8.15. The summed E-state index contributed by atoms with van der Waals surface area (Å²) in [6.07, 6.45) is -3.19. The molecule has 1 aromatic carbocycles. The van der Waals surface area contributed by atoms with Crippen LogP contribution in [-0.4, -0.2) is 33.9 Å². The first kappa shape index (κ1) is 23.0. The van der Waals surface area contributed by atoms with Gasteiger partial charge < -0.3 is 14.8 Å². The number of fused-ring (bicyclic) bond motifs is 1. The predicted molar refractivity (Wildman–Crippen MR) is 117 cm³/mol. The third-order valence-electron chi connectivity index (χ3n) is 5.68. The minimum atomic E-state index is -4.43. The number of halogens is 3. The van der Waals surface area contributed by atoms with Crippen LogP contribution in [0, 0.1) is 6.92 Å². The van der Waals surface area contributed by atoms with Gasteiger partial charge in [0.2, 0.25) is 0 Å². The molecule has 4 rings (SSSR count). The van der Waals surface area contributed by atoms with E-state index in [1.54, 1.807) is 33.0 Å². The van der Waals surface area contributed by atoms with Crippen molar-refractivity contribution in [3.8, 4) is 5.75 Å². The molecule has 176 valence electrons. The average molecular weight is 462 g/mol. The Balaban J connectivity index is 1.72. The largest absolute Gasteiger partial charge is 0.484 e. The van der Waals surface area contributed by atoms with E-state index in [1.165, 1.54) is 10.6 Å². The molecule has 1 atom stereocenters. The minimum Gasteiger partial charge on any atom is -0.484 e. The number of hydrogen-bond donors (Lipinski definition) is 1. The molecule has 0 bridgehead atoms. The van der Waals surface area contributed by atoms with Gasteiger partial charge in [-0.2, -0.15) is 13.2 Å². The Morgan fingerprint density at radius 2 is 1.94 bits per heavy atom. The molecule has 1 aliphatic heterocycles. The Labute approximate surface area is 188 Å². The quantitative estimate of drug-likeness (QED) is 0.606. The van der Waals surface area contributed by atoms with Crippen LogP contribution in [0.4, 0.5) is 19.0 Å². The number of benzene rings is 1. The van der Waals surface area contributed by atoms with Crippen molar-refractivity contribution in [3.63, 3.8) is 0 Å². The Bertz CT molecular complexity index is 1220. The minimum absolute atomic E-state index is 0.129. The van der Waals surface area contributed by atoms with Gasteiger partial charge in [0.05, 0.1) is 24.2 Å².